The average molecular weight is 430 g/mol. The molecule has 1 unspecified atom stereocenters. The lowest BCUT2D eigenvalue weighted by molar-refractivity contribution is 0.102. The van der Waals surface area contributed by atoms with Crippen molar-refractivity contribution in [2.24, 2.45) is 5.73 Å². The summed E-state index contributed by atoms with van der Waals surface area (Å²) in [4.78, 5) is 23.1. The summed E-state index contributed by atoms with van der Waals surface area (Å²) in [6.45, 7) is 1.48. The van der Waals surface area contributed by atoms with E-state index in [4.69, 9.17) is 11.5 Å². The van der Waals surface area contributed by atoms with E-state index in [1.54, 1.807) is 12.3 Å². The number of benzene rings is 1. The monoisotopic (exact) mass is 430 g/mol. The molecule has 10 heteroatoms. The maximum Gasteiger partial charge on any atom is 0.277 e. The second-order valence-electron chi connectivity index (χ2n) is 7.02. The number of nitrogens with two attached hydrogens (primary N) is 2. The number of pyridine rings is 1. The van der Waals surface area contributed by atoms with Gasteiger partial charge in [-0.15, -0.1) is 0 Å². The Morgan fingerprint density at radius 2 is 2.03 bits per heavy atom. The third-order valence-corrected chi connectivity index (χ3v) is 5.79. The van der Waals surface area contributed by atoms with E-state index in [1.165, 1.54) is 12.3 Å². The molecule has 3 heterocycles. The second kappa shape index (κ2) is 8.33. The molecule has 7 nitrogen and oxygen atoms in total. The minimum absolute atomic E-state index is 0.00154. The summed E-state index contributed by atoms with van der Waals surface area (Å²) in [7, 11) is 0. The van der Waals surface area contributed by atoms with Crippen molar-refractivity contribution in [3.05, 3.63) is 54.0 Å². The van der Waals surface area contributed by atoms with Gasteiger partial charge < -0.3 is 21.7 Å². The number of aromatic nitrogens is 2. The minimum Gasteiger partial charge on any atom is -0.389 e. The van der Waals surface area contributed by atoms with Crippen LogP contribution >= 0.6 is 11.3 Å². The maximum absolute atomic E-state index is 14.1. The van der Waals surface area contributed by atoms with Crippen LogP contribution in [0, 0.1) is 11.6 Å². The molecule has 3 aromatic rings. The van der Waals surface area contributed by atoms with Crippen LogP contribution in [-0.2, 0) is 0 Å². The van der Waals surface area contributed by atoms with E-state index in [1.807, 2.05) is 0 Å². The second-order valence-corrected chi connectivity index (χ2v) is 8.05. The predicted molar refractivity (Wildman–Crippen MR) is 113 cm³/mol. The Morgan fingerprint density at radius 3 is 2.77 bits per heavy atom. The van der Waals surface area contributed by atoms with Crippen molar-refractivity contribution in [3.8, 4) is 10.6 Å². The number of thiazole rings is 1. The predicted octanol–water partition coefficient (Wildman–Crippen LogP) is 3.25. The Kier molecular flexibility index (Phi) is 5.60. The van der Waals surface area contributed by atoms with Gasteiger partial charge in [0.15, 0.2) is 5.69 Å². The van der Waals surface area contributed by atoms with E-state index in [9.17, 15) is 13.6 Å². The molecule has 1 amide bonds. The number of nitrogen functional groups attached to an aromatic ring is 1. The summed E-state index contributed by atoms with van der Waals surface area (Å²) in [5, 5.41) is 2.83. The van der Waals surface area contributed by atoms with Gasteiger partial charge in [0.25, 0.3) is 5.91 Å². The van der Waals surface area contributed by atoms with Crippen LogP contribution in [0.1, 0.15) is 23.3 Å². The highest BCUT2D eigenvalue weighted by molar-refractivity contribution is 7.19. The number of amides is 1. The molecule has 1 fully saturated rings. The third-order valence-electron chi connectivity index (χ3n) is 4.89. The molecule has 0 radical (unpaired) electrons. The van der Waals surface area contributed by atoms with E-state index in [2.05, 4.69) is 20.2 Å². The Hall–Kier alpha value is -3.11. The molecule has 4 rings (SSSR count). The molecule has 156 valence electrons. The van der Waals surface area contributed by atoms with Crippen LogP contribution in [0.2, 0.25) is 0 Å². The SMILES string of the molecule is Nc1sc(-c2c(F)cccc2F)nc1C(=O)Nc1cnccc1N1CCCC(N)C1. The summed E-state index contributed by atoms with van der Waals surface area (Å²) >= 11 is 0.851. The fourth-order valence-corrected chi connectivity index (χ4v) is 4.35. The van der Waals surface area contributed by atoms with E-state index in [-0.39, 0.29) is 27.3 Å². The largest absolute Gasteiger partial charge is 0.389 e. The molecule has 1 aliphatic heterocycles. The van der Waals surface area contributed by atoms with Gasteiger partial charge in [-0.3, -0.25) is 9.78 Å². The number of piperidine rings is 1. The highest BCUT2D eigenvalue weighted by Crippen LogP contribution is 2.34. The van der Waals surface area contributed by atoms with Gasteiger partial charge in [0.2, 0.25) is 0 Å². The van der Waals surface area contributed by atoms with Crippen LogP contribution in [0.3, 0.4) is 0 Å². The zero-order valence-corrected chi connectivity index (χ0v) is 16.8. The molecule has 0 bridgehead atoms. The number of carbonyl (C=O) groups excluding carboxylic acids is 1. The molecule has 1 atom stereocenters. The van der Waals surface area contributed by atoms with Crippen molar-refractivity contribution in [3.63, 3.8) is 0 Å². The van der Waals surface area contributed by atoms with E-state index in [0.29, 0.717) is 12.2 Å². The van der Waals surface area contributed by atoms with Gasteiger partial charge in [0.1, 0.15) is 21.6 Å². The van der Waals surface area contributed by atoms with Gasteiger partial charge >= 0.3 is 0 Å². The molecule has 0 spiro atoms. The van der Waals surface area contributed by atoms with E-state index in [0.717, 1.165) is 48.5 Å². The van der Waals surface area contributed by atoms with Gasteiger partial charge in [-0.2, -0.15) is 0 Å². The number of hydrogen-bond donors (Lipinski definition) is 3. The van der Waals surface area contributed by atoms with Gasteiger partial charge in [0.05, 0.1) is 23.1 Å². The van der Waals surface area contributed by atoms with Crippen LogP contribution in [0.5, 0.6) is 0 Å². The summed E-state index contributed by atoms with van der Waals surface area (Å²) in [6, 6.07) is 5.37. The Morgan fingerprint density at radius 1 is 1.27 bits per heavy atom. The molecule has 30 heavy (non-hydrogen) atoms. The first kappa shape index (κ1) is 20.2. The van der Waals surface area contributed by atoms with Gasteiger partial charge in [-0.1, -0.05) is 17.4 Å². The normalized spacial score (nSPS) is 16.5. The number of nitrogens with one attached hydrogen (secondary N) is 1. The van der Waals surface area contributed by atoms with Crippen molar-refractivity contribution in [1.29, 1.82) is 0 Å². The number of rotatable bonds is 4. The molecular weight excluding hydrogens is 410 g/mol. The lowest BCUT2D eigenvalue weighted by atomic mass is 10.1. The van der Waals surface area contributed by atoms with Gasteiger partial charge in [0, 0.05) is 25.3 Å². The molecular formula is C20H20F2N6OS. The Labute approximate surface area is 175 Å². The number of anilines is 3. The molecule has 1 aromatic carbocycles. The summed E-state index contributed by atoms with van der Waals surface area (Å²) < 4.78 is 28.2. The lowest BCUT2D eigenvalue weighted by Gasteiger charge is -2.33. The van der Waals surface area contributed by atoms with Crippen molar-refractivity contribution in [2.45, 2.75) is 18.9 Å². The van der Waals surface area contributed by atoms with Crippen LogP contribution in [0.25, 0.3) is 10.6 Å². The van der Waals surface area contributed by atoms with Crippen LogP contribution in [0.4, 0.5) is 25.2 Å². The average Bonchev–Trinajstić information content (AvgIpc) is 3.09. The lowest BCUT2D eigenvalue weighted by Crippen LogP contribution is -2.43. The van der Waals surface area contributed by atoms with E-state index >= 15 is 0 Å². The minimum atomic E-state index is -0.772. The molecule has 1 saturated heterocycles. The quantitative estimate of drug-likeness (QED) is 0.586. The van der Waals surface area contributed by atoms with Crippen molar-refractivity contribution >= 4 is 33.6 Å². The third kappa shape index (κ3) is 3.96. The molecule has 2 aromatic heterocycles. The first-order chi connectivity index (χ1) is 14.4. The van der Waals surface area contributed by atoms with Crippen LogP contribution in [0.15, 0.2) is 36.7 Å². The molecule has 0 saturated carbocycles. The summed E-state index contributed by atoms with van der Waals surface area (Å²) in [5.41, 5.74) is 12.9. The smallest absolute Gasteiger partial charge is 0.277 e. The summed E-state index contributed by atoms with van der Waals surface area (Å²) in [5.74, 6) is -2.12. The zero-order valence-electron chi connectivity index (χ0n) is 15.9. The van der Waals surface area contributed by atoms with Gasteiger partial charge in [-0.05, 0) is 31.0 Å². The fraction of sp³-hybridized carbons (Fsp3) is 0.250. The van der Waals surface area contributed by atoms with Crippen LogP contribution < -0.4 is 21.7 Å². The topological polar surface area (TPSA) is 110 Å². The first-order valence-electron chi connectivity index (χ1n) is 9.40. The standard InChI is InChI=1S/C20H20F2N6OS/c21-12-4-1-5-13(22)16(12)20-27-17(18(24)30-20)19(29)26-14-9-25-7-6-15(14)28-8-2-3-11(23)10-28/h1,4-7,9,11H,2-3,8,10,23-24H2,(H,26,29). The highest BCUT2D eigenvalue weighted by atomic mass is 32.1. The number of halogens is 2. The Bertz CT molecular complexity index is 1070. The van der Waals surface area contributed by atoms with Crippen molar-refractivity contribution in [1.82, 2.24) is 9.97 Å². The highest BCUT2D eigenvalue weighted by Gasteiger charge is 2.24. The number of nitrogens with zero attached hydrogens (tertiary/aromatic N) is 3. The molecule has 1 aliphatic rings. The van der Waals surface area contributed by atoms with Crippen LogP contribution in [-0.4, -0.2) is 35.0 Å². The molecule has 0 aliphatic carbocycles. The number of carbonyl (C=O) groups is 1. The molecule has 5 N–H and O–H groups in total. The van der Waals surface area contributed by atoms with Gasteiger partial charge in [-0.25, -0.2) is 13.8 Å². The Balaban J connectivity index is 1.61. The first-order valence-corrected chi connectivity index (χ1v) is 10.2. The van der Waals surface area contributed by atoms with Crippen molar-refractivity contribution in [2.75, 3.05) is 29.0 Å². The fourth-order valence-electron chi connectivity index (χ4n) is 3.47. The maximum atomic E-state index is 14.1. The summed E-state index contributed by atoms with van der Waals surface area (Å²) in [6.07, 6.45) is 5.08. The zero-order chi connectivity index (χ0) is 21.3. The van der Waals surface area contributed by atoms with Crippen molar-refractivity contribution < 1.29 is 13.6 Å². The van der Waals surface area contributed by atoms with E-state index < -0.39 is 17.5 Å². The number of hydrogen-bond acceptors (Lipinski definition) is 7.